The van der Waals surface area contributed by atoms with Crippen LogP contribution in [0.3, 0.4) is 0 Å². The number of pyridine rings is 2. The third-order valence-electron chi connectivity index (χ3n) is 26.1. The maximum Gasteiger partial charge on any atom is 0.160 e. The number of aromatic nitrogens is 6. The topological polar surface area (TPSA) is 77.3 Å². The van der Waals surface area contributed by atoms with E-state index in [2.05, 4.69) is 425 Å². The van der Waals surface area contributed by atoms with Crippen LogP contribution < -0.4 is 0 Å². The van der Waals surface area contributed by atoms with E-state index in [1.165, 1.54) is 122 Å². The molecular weight excluding hydrogens is 1660 g/mol. The molecule has 6 nitrogen and oxygen atoms in total. The zero-order valence-electron chi connectivity index (χ0n) is 72.5. The second kappa shape index (κ2) is 33.7. The molecule has 20 aromatic carbocycles. The number of hydrogen-bond donors (Lipinski definition) is 0. The first-order valence-electron chi connectivity index (χ1n) is 45.3. The minimum absolute atomic E-state index is 0.700. The second-order valence-electron chi connectivity index (χ2n) is 34.1. The summed E-state index contributed by atoms with van der Waals surface area (Å²) < 4.78 is 2.48. The summed E-state index contributed by atoms with van der Waals surface area (Å²) in [5.74, 6) is 1.41. The van der Waals surface area contributed by atoms with Crippen LogP contribution in [-0.2, 0) is 0 Å². The lowest BCUT2D eigenvalue weighted by molar-refractivity contribution is 1.18. The van der Waals surface area contributed by atoms with E-state index < -0.39 is 0 Å². The van der Waals surface area contributed by atoms with Gasteiger partial charge in [-0.05, 0) is 158 Å². The van der Waals surface area contributed by atoms with Crippen LogP contribution in [-0.4, -0.2) is 29.9 Å². The van der Waals surface area contributed by atoms with Gasteiger partial charge >= 0.3 is 0 Å². The van der Waals surface area contributed by atoms with Gasteiger partial charge in [0.2, 0.25) is 0 Å². The van der Waals surface area contributed by atoms with E-state index in [-0.39, 0.29) is 0 Å². The Hall–Kier alpha value is -17.1. The highest BCUT2D eigenvalue weighted by molar-refractivity contribution is 7.24. The van der Waals surface area contributed by atoms with Crippen LogP contribution in [0.25, 0.3) is 262 Å². The molecule has 0 spiro atoms. The van der Waals surface area contributed by atoms with Crippen molar-refractivity contribution in [2.45, 2.75) is 0 Å². The average molecular weight is 1740 g/mol. The van der Waals surface area contributed by atoms with Gasteiger partial charge in [0.25, 0.3) is 0 Å². The summed E-state index contributed by atoms with van der Waals surface area (Å²) in [5.41, 5.74) is 27.5. The Bertz CT molecular complexity index is 8900. The lowest BCUT2D eigenvalue weighted by Crippen LogP contribution is -1.96. The van der Waals surface area contributed by atoms with Crippen LogP contribution in [0.2, 0.25) is 0 Å². The molecule has 0 aliphatic carbocycles. The van der Waals surface area contributed by atoms with E-state index in [0.717, 1.165) is 128 Å². The van der Waals surface area contributed by atoms with Crippen molar-refractivity contribution in [3.63, 3.8) is 0 Å². The van der Waals surface area contributed by atoms with E-state index >= 15 is 0 Å². The fraction of sp³-hybridized carbons (Fsp3) is 0. The number of thiophene rings is 2. The molecule has 0 N–H and O–H groups in total. The van der Waals surface area contributed by atoms with Crippen molar-refractivity contribution in [1.29, 1.82) is 0 Å². The summed E-state index contributed by atoms with van der Waals surface area (Å²) in [6.07, 6.45) is 0. The summed E-state index contributed by atoms with van der Waals surface area (Å²) in [5, 5.41) is 19.9. The van der Waals surface area contributed by atoms with Crippen LogP contribution >= 0.6 is 22.7 Å². The monoisotopic (exact) mass is 1740 g/mol. The first-order chi connectivity index (χ1) is 66.4. The van der Waals surface area contributed by atoms with Crippen molar-refractivity contribution >= 4 is 129 Å². The molecule has 26 aromatic rings. The fourth-order valence-electron chi connectivity index (χ4n) is 19.7. The molecule has 0 aliphatic heterocycles. The van der Waals surface area contributed by atoms with E-state index in [1.807, 2.05) is 71.2 Å². The molecule has 0 saturated carbocycles. The Morgan fingerprint density at radius 2 is 0.396 bits per heavy atom. The number of rotatable bonds is 14. The average Bonchev–Trinajstić information content (AvgIpc) is 1.53. The van der Waals surface area contributed by atoms with Crippen molar-refractivity contribution in [3.05, 3.63) is 473 Å². The number of hydrogen-bond acceptors (Lipinski definition) is 8. The maximum atomic E-state index is 5.47. The molecule has 26 rings (SSSR count). The van der Waals surface area contributed by atoms with Crippen molar-refractivity contribution < 1.29 is 0 Å². The third-order valence-corrected chi connectivity index (χ3v) is 28.7. The molecule has 624 valence electrons. The summed E-state index contributed by atoms with van der Waals surface area (Å²) in [7, 11) is 0. The third kappa shape index (κ3) is 14.3. The van der Waals surface area contributed by atoms with E-state index in [9.17, 15) is 0 Å². The van der Waals surface area contributed by atoms with Crippen molar-refractivity contribution in [2.75, 3.05) is 0 Å². The standard InChI is InChI=1S/2C63H39N3S/c1-4-18-40(19-5-1)56-39-57(66-63(65-56)42-22-8-3-9-23-42)45-26-16-24-43(36-45)44-25-17-27-46(37-44)58-59-60(41-20-6-2-7-21-41)64-55-33-15-14-32-53(55)62(59)67-61(58)47-34-35-52-50-30-11-10-28-48(50)49-29-12-13-31-51(49)54(52)38-47;1-4-16-42(17-5-1)56-39-57(66-63(65-56)46-20-8-3-9-21-46)43-32-28-40(29-33-43)41-30-34-44(35-31-41)58-59-60(45-18-6-2-7-19-45)64-55-27-15-14-26-53(55)62(59)67-61(58)47-36-37-52-50-24-11-10-22-48(50)49-23-12-13-25-51(49)54(52)38-47/h2*1-39H. The fourth-order valence-corrected chi connectivity index (χ4v) is 22.5. The molecule has 0 aliphatic rings. The van der Waals surface area contributed by atoms with Gasteiger partial charge in [-0.25, -0.2) is 29.9 Å². The minimum atomic E-state index is 0.700. The predicted octanol–water partition coefficient (Wildman–Crippen LogP) is 34.7. The Morgan fingerprint density at radius 1 is 0.142 bits per heavy atom. The van der Waals surface area contributed by atoms with E-state index in [4.69, 9.17) is 29.9 Å². The van der Waals surface area contributed by atoms with Gasteiger partial charge in [0, 0.05) is 96.3 Å². The smallest absolute Gasteiger partial charge is 0.160 e. The number of fused-ring (bicyclic) bond motifs is 18. The SMILES string of the molecule is c1ccc(-c2cc(-c3ccc(-c4ccc(-c5c(-c6ccc7c8ccccc8c8ccccc8c7c6)sc6c5c(-c5ccccc5)nc5ccccc56)cc4)cc3)nc(-c3ccccc3)n2)cc1.c1ccc(-c2cc(-c3cccc(-c4cccc(-c5c(-c6ccc7c8ccccc8c8ccccc8c7c6)sc6c5c(-c5ccccc5)nc5ccccc56)c4)c3)nc(-c3ccccc3)n2)cc1. The molecule has 0 atom stereocenters. The number of nitrogens with zero attached hydrogens (tertiary/aromatic N) is 6. The zero-order chi connectivity index (χ0) is 88.5. The van der Waals surface area contributed by atoms with Crippen LogP contribution in [0.5, 0.6) is 0 Å². The quantitative estimate of drug-likeness (QED) is 0.101. The Labute approximate surface area is 782 Å². The lowest BCUT2D eigenvalue weighted by Gasteiger charge is -2.14. The Morgan fingerprint density at radius 3 is 0.776 bits per heavy atom. The summed E-state index contributed by atoms with van der Waals surface area (Å²) in [6.45, 7) is 0. The van der Waals surface area contributed by atoms with Crippen molar-refractivity contribution in [1.82, 2.24) is 29.9 Å². The molecule has 0 amide bonds. The molecule has 0 bridgehead atoms. The highest BCUT2D eigenvalue weighted by atomic mass is 32.1. The van der Waals surface area contributed by atoms with Gasteiger partial charge in [-0.1, -0.05) is 425 Å². The second-order valence-corrected chi connectivity index (χ2v) is 36.2. The van der Waals surface area contributed by atoms with Crippen LogP contribution in [0.1, 0.15) is 0 Å². The first kappa shape index (κ1) is 79.1. The normalized spacial score (nSPS) is 11.6. The van der Waals surface area contributed by atoms with Gasteiger partial charge in [-0.15, -0.1) is 22.7 Å². The molecule has 134 heavy (non-hydrogen) atoms. The molecule has 6 aromatic heterocycles. The van der Waals surface area contributed by atoms with Gasteiger partial charge in [0.15, 0.2) is 11.6 Å². The van der Waals surface area contributed by atoms with Crippen LogP contribution in [0, 0.1) is 0 Å². The number of benzene rings is 20. The molecular formula is C126H78N6S2. The van der Waals surface area contributed by atoms with Gasteiger partial charge in [-0.2, -0.15) is 0 Å². The predicted molar refractivity (Wildman–Crippen MR) is 567 cm³/mol. The van der Waals surface area contributed by atoms with Gasteiger partial charge in [-0.3, -0.25) is 0 Å². The van der Waals surface area contributed by atoms with Crippen LogP contribution in [0.15, 0.2) is 473 Å². The van der Waals surface area contributed by atoms with Gasteiger partial charge in [0.1, 0.15) is 0 Å². The molecule has 0 radical (unpaired) electrons. The van der Waals surface area contributed by atoms with Crippen molar-refractivity contribution in [3.8, 4) is 156 Å². The Balaban J connectivity index is 0.000000143. The zero-order valence-corrected chi connectivity index (χ0v) is 74.2. The molecule has 0 unspecified atom stereocenters. The Kier molecular flexibility index (Phi) is 19.9. The maximum absolute atomic E-state index is 5.47. The summed E-state index contributed by atoms with van der Waals surface area (Å²) in [4.78, 5) is 33.7. The van der Waals surface area contributed by atoms with Crippen molar-refractivity contribution in [2.24, 2.45) is 0 Å². The van der Waals surface area contributed by atoms with Gasteiger partial charge < -0.3 is 0 Å². The summed E-state index contributed by atoms with van der Waals surface area (Å²) >= 11 is 3.75. The first-order valence-corrected chi connectivity index (χ1v) is 47.0. The highest BCUT2D eigenvalue weighted by Crippen LogP contribution is 2.55. The molecule has 6 heterocycles. The van der Waals surface area contributed by atoms with Gasteiger partial charge in [0.05, 0.1) is 45.2 Å². The minimum Gasteiger partial charge on any atom is -0.247 e. The lowest BCUT2D eigenvalue weighted by atomic mass is 9.90. The summed E-state index contributed by atoms with van der Waals surface area (Å²) in [6, 6.07) is 169. The molecule has 0 saturated heterocycles. The molecule has 8 heteroatoms. The van der Waals surface area contributed by atoms with E-state index in [1.54, 1.807) is 0 Å². The highest BCUT2D eigenvalue weighted by Gasteiger charge is 2.28. The van der Waals surface area contributed by atoms with Crippen LogP contribution in [0.4, 0.5) is 0 Å². The number of para-hydroxylation sites is 2. The molecule has 0 fully saturated rings. The van der Waals surface area contributed by atoms with E-state index in [0.29, 0.717) is 11.6 Å². The largest absolute Gasteiger partial charge is 0.247 e.